The number of benzene rings is 1. The minimum atomic E-state index is 0.132. The molecular weight excluding hydrogens is 346 g/mol. The van der Waals surface area contributed by atoms with Gasteiger partial charge in [0.25, 0.3) is 5.91 Å². The Hall–Kier alpha value is -1.92. The fourth-order valence-corrected chi connectivity index (χ4v) is 4.03. The van der Waals surface area contributed by atoms with Crippen molar-refractivity contribution < 1.29 is 9.53 Å². The van der Waals surface area contributed by atoms with E-state index in [0.717, 1.165) is 54.1 Å². The Morgan fingerprint density at radius 3 is 2.50 bits per heavy atom. The number of hydrogen-bond acceptors (Lipinski definition) is 5. The van der Waals surface area contributed by atoms with Crippen LogP contribution in [0.2, 0.25) is 0 Å². The number of aromatic nitrogens is 1. The van der Waals surface area contributed by atoms with Crippen LogP contribution >= 0.6 is 11.3 Å². The summed E-state index contributed by atoms with van der Waals surface area (Å²) in [5.74, 6) is 1.40. The number of amides is 1. The second kappa shape index (κ2) is 8.64. The molecule has 1 aliphatic rings. The number of rotatable bonds is 6. The maximum atomic E-state index is 12.8. The van der Waals surface area contributed by atoms with Crippen LogP contribution in [0, 0.1) is 6.92 Å². The third-order valence-corrected chi connectivity index (χ3v) is 6.03. The molecule has 0 aliphatic carbocycles. The van der Waals surface area contributed by atoms with Crippen molar-refractivity contribution in [1.82, 2.24) is 14.8 Å². The Balaban J connectivity index is 1.46. The summed E-state index contributed by atoms with van der Waals surface area (Å²) in [5, 5.41) is 1.04. The summed E-state index contributed by atoms with van der Waals surface area (Å²) in [6.07, 6.45) is 0. The fourth-order valence-electron chi connectivity index (χ4n) is 2.99. The van der Waals surface area contributed by atoms with Crippen LogP contribution in [-0.2, 0) is 0 Å². The van der Waals surface area contributed by atoms with E-state index in [1.807, 2.05) is 42.2 Å². The molecule has 1 amide bonds. The van der Waals surface area contributed by atoms with E-state index >= 15 is 0 Å². The molecule has 0 saturated carbocycles. The quantitative estimate of drug-likeness (QED) is 0.778. The van der Waals surface area contributed by atoms with Crippen LogP contribution in [-0.4, -0.2) is 60.0 Å². The van der Waals surface area contributed by atoms with Crippen molar-refractivity contribution in [2.75, 3.05) is 39.3 Å². The molecule has 1 aromatic carbocycles. The molecule has 6 heteroatoms. The molecule has 3 rings (SSSR count). The van der Waals surface area contributed by atoms with Crippen molar-refractivity contribution in [2.45, 2.75) is 26.7 Å². The molecule has 2 heterocycles. The lowest BCUT2D eigenvalue weighted by Gasteiger charge is -2.34. The van der Waals surface area contributed by atoms with Crippen LogP contribution in [0.15, 0.2) is 30.3 Å². The molecule has 0 unspecified atom stereocenters. The molecule has 0 bridgehead atoms. The lowest BCUT2D eigenvalue weighted by Crippen LogP contribution is -2.49. The fraction of sp³-hybridized carbons (Fsp3) is 0.500. The number of thiazole rings is 1. The number of nitrogens with zero attached hydrogens (tertiary/aromatic N) is 3. The van der Waals surface area contributed by atoms with Gasteiger partial charge in [0.2, 0.25) is 0 Å². The first-order valence-corrected chi connectivity index (χ1v) is 10.0. The van der Waals surface area contributed by atoms with E-state index in [-0.39, 0.29) is 5.91 Å². The molecule has 5 nitrogen and oxygen atoms in total. The van der Waals surface area contributed by atoms with Crippen LogP contribution in [0.25, 0.3) is 0 Å². The Bertz CT molecular complexity index is 722. The van der Waals surface area contributed by atoms with Crippen LogP contribution in [0.3, 0.4) is 0 Å². The first-order chi connectivity index (χ1) is 12.5. The molecule has 1 saturated heterocycles. The molecule has 0 N–H and O–H groups in total. The van der Waals surface area contributed by atoms with Crippen molar-refractivity contribution in [3.63, 3.8) is 0 Å². The summed E-state index contributed by atoms with van der Waals surface area (Å²) in [5.41, 5.74) is 0.863. The van der Waals surface area contributed by atoms with Gasteiger partial charge in [-0.3, -0.25) is 9.69 Å². The first kappa shape index (κ1) is 18.9. The minimum Gasteiger partial charge on any atom is -0.492 e. The summed E-state index contributed by atoms with van der Waals surface area (Å²) in [6.45, 7) is 11.0. The molecule has 0 atom stereocenters. The van der Waals surface area contributed by atoms with Crippen molar-refractivity contribution in [1.29, 1.82) is 0 Å². The monoisotopic (exact) mass is 373 g/mol. The first-order valence-electron chi connectivity index (χ1n) is 9.21. The Kier molecular flexibility index (Phi) is 6.27. The second-order valence-electron chi connectivity index (χ2n) is 6.92. The van der Waals surface area contributed by atoms with E-state index in [9.17, 15) is 4.79 Å². The maximum Gasteiger partial charge on any atom is 0.265 e. The Morgan fingerprint density at radius 2 is 1.88 bits per heavy atom. The van der Waals surface area contributed by atoms with Gasteiger partial charge in [-0.15, -0.1) is 11.3 Å². The van der Waals surface area contributed by atoms with Gasteiger partial charge in [-0.2, -0.15) is 0 Å². The van der Waals surface area contributed by atoms with Gasteiger partial charge in [0.05, 0.1) is 10.7 Å². The highest BCUT2D eigenvalue weighted by Crippen LogP contribution is 2.26. The third kappa shape index (κ3) is 4.62. The van der Waals surface area contributed by atoms with E-state index in [1.54, 1.807) is 11.3 Å². The minimum absolute atomic E-state index is 0.132. The predicted molar refractivity (Wildman–Crippen MR) is 105 cm³/mol. The highest BCUT2D eigenvalue weighted by atomic mass is 32.1. The molecular formula is C20H27N3O2S. The molecule has 1 aliphatic heterocycles. The molecule has 1 aromatic heterocycles. The number of hydrogen-bond donors (Lipinski definition) is 0. The number of aryl methyl sites for hydroxylation is 1. The lowest BCUT2D eigenvalue weighted by atomic mass is 10.2. The number of carbonyl (C=O) groups is 1. The van der Waals surface area contributed by atoms with Crippen molar-refractivity contribution in [2.24, 2.45) is 0 Å². The third-order valence-electron chi connectivity index (χ3n) is 4.58. The van der Waals surface area contributed by atoms with Crippen molar-refractivity contribution in [3.8, 4) is 5.75 Å². The molecule has 0 radical (unpaired) electrons. The van der Waals surface area contributed by atoms with Gasteiger partial charge in [0.15, 0.2) is 0 Å². The summed E-state index contributed by atoms with van der Waals surface area (Å²) in [6, 6.07) is 9.88. The predicted octanol–water partition coefficient (Wildman–Crippen LogP) is 3.41. The van der Waals surface area contributed by atoms with E-state index in [0.29, 0.717) is 12.5 Å². The molecule has 26 heavy (non-hydrogen) atoms. The largest absolute Gasteiger partial charge is 0.492 e. The van der Waals surface area contributed by atoms with Crippen molar-refractivity contribution in [3.05, 3.63) is 45.9 Å². The van der Waals surface area contributed by atoms with Gasteiger partial charge in [-0.1, -0.05) is 32.0 Å². The zero-order valence-corrected chi connectivity index (χ0v) is 16.6. The van der Waals surface area contributed by atoms with Gasteiger partial charge in [0, 0.05) is 38.6 Å². The number of piperazine rings is 1. The van der Waals surface area contributed by atoms with Crippen LogP contribution in [0.1, 0.15) is 40.1 Å². The van der Waals surface area contributed by atoms with Crippen LogP contribution in [0.4, 0.5) is 0 Å². The summed E-state index contributed by atoms with van der Waals surface area (Å²) >= 11 is 1.55. The standard InChI is InChI=1S/C20H27N3O2S/c1-15(2)19-21-16(3)18(26-19)20(24)23-11-9-22(10-12-23)13-14-25-17-7-5-4-6-8-17/h4-8,15H,9-14H2,1-3H3. The maximum absolute atomic E-state index is 12.8. The number of ether oxygens (including phenoxy) is 1. The zero-order valence-electron chi connectivity index (χ0n) is 15.8. The summed E-state index contributed by atoms with van der Waals surface area (Å²) < 4.78 is 5.76. The number of carbonyl (C=O) groups excluding carboxylic acids is 1. The molecule has 2 aromatic rings. The highest BCUT2D eigenvalue weighted by Gasteiger charge is 2.25. The Morgan fingerprint density at radius 1 is 1.19 bits per heavy atom. The SMILES string of the molecule is Cc1nc(C(C)C)sc1C(=O)N1CCN(CCOc2ccccc2)CC1. The van der Waals surface area contributed by atoms with Gasteiger partial charge in [-0.05, 0) is 19.1 Å². The highest BCUT2D eigenvalue weighted by molar-refractivity contribution is 7.13. The van der Waals surface area contributed by atoms with Gasteiger partial charge in [0.1, 0.15) is 17.2 Å². The smallest absolute Gasteiger partial charge is 0.265 e. The summed E-state index contributed by atoms with van der Waals surface area (Å²) in [4.78, 5) is 22.5. The molecule has 140 valence electrons. The number of para-hydroxylation sites is 1. The molecule has 1 fully saturated rings. The van der Waals surface area contributed by atoms with Crippen LogP contribution < -0.4 is 4.74 Å². The second-order valence-corrected chi connectivity index (χ2v) is 7.95. The lowest BCUT2D eigenvalue weighted by molar-refractivity contribution is 0.0624. The van der Waals surface area contributed by atoms with Crippen LogP contribution in [0.5, 0.6) is 5.75 Å². The van der Waals surface area contributed by atoms with E-state index in [1.165, 1.54) is 0 Å². The normalized spacial score (nSPS) is 15.5. The van der Waals surface area contributed by atoms with Crippen molar-refractivity contribution >= 4 is 17.2 Å². The summed E-state index contributed by atoms with van der Waals surface area (Å²) in [7, 11) is 0. The van der Waals surface area contributed by atoms with Gasteiger partial charge in [-0.25, -0.2) is 4.98 Å². The average molecular weight is 374 g/mol. The molecule has 0 spiro atoms. The van der Waals surface area contributed by atoms with Gasteiger partial charge < -0.3 is 9.64 Å². The van der Waals surface area contributed by atoms with E-state index < -0.39 is 0 Å². The zero-order chi connectivity index (χ0) is 18.5. The van der Waals surface area contributed by atoms with E-state index in [4.69, 9.17) is 4.74 Å². The Labute approximate surface area is 159 Å². The van der Waals surface area contributed by atoms with E-state index in [2.05, 4.69) is 23.7 Å². The topological polar surface area (TPSA) is 45.7 Å². The average Bonchev–Trinajstić information content (AvgIpc) is 3.05. The van der Waals surface area contributed by atoms with Gasteiger partial charge >= 0.3 is 0 Å².